The molecule has 0 aromatic carbocycles. The summed E-state index contributed by atoms with van der Waals surface area (Å²) in [6, 6.07) is 0. The SMILES string of the molecule is CC(CNc1n[nH]c(=S)s1)C1CC1. The predicted molar refractivity (Wildman–Crippen MR) is 57.7 cm³/mol. The Hall–Kier alpha value is -0.420. The molecule has 5 heteroatoms. The van der Waals surface area contributed by atoms with Crippen LogP contribution in [0.15, 0.2) is 0 Å². The molecule has 0 bridgehead atoms. The molecule has 1 fully saturated rings. The summed E-state index contributed by atoms with van der Waals surface area (Å²) in [6.07, 6.45) is 2.80. The van der Waals surface area contributed by atoms with Crippen molar-refractivity contribution in [3.05, 3.63) is 3.95 Å². The molecule has 72 valence electrons. The molecule has 1 saturated carbocycles. The van der Waals surface area contributed by atoms with E-state index in [9.17, 15) is 0 Å². The zero-order valence-corrected chi connectivity index (χ0v) is 9.17. The van der Waals surface area contributed by atoms with Gasteiger partial charge in [0.25, 0.3) is 0 Å². The zero-order chi connectivity index (χ0) is 9.26. The van der Waals surface area contributed by atoms with Crippen LogP contribution in [0, 0.1) is 15.8 Å². The van der Waals surface area contributed by atoms with Crippen molar-refractivity contribution in [3.63, 3.8) is 0 Å². The monoisotopic (exact) mass is 215 g/mol. The van der Waals surface area contributed by atoms with Crippen molar-refractivity contribution in [1.82, 2.24) is 10.2 Å². The van der Waals surface area contributed by atoms with Gasteiger partial charge in [0.1, 0.15) is 0 Å². The molecule has 0 amide bonds. The molecule has 1 aromatic rings. The molecule has 0 spiro atoms. The van der Waals surface area contributed by atoms with Gasteiger partial charge in [-0.3, -0.25) is 5.10 Å². The van der Waals surface area contributed by atoms with Crippen LogP contribution < -0.4 is 5.32 Å². The molecule has 1 aliphatic carbocycles. The van der Waals surface area contributed by atoms with E-state index in [0.717, 1.165) is 27.5 Å². The van der Waals surface area contributed by atoms with E-state index in [1.165, 1.54) is 24.2 Å². The Morgan fingerprint density at radius 2 is 2.54 bits per heavy atom. The van der Waals surface area contributed by atoms with Gasteiger partial charge < -0.3 is 5.32 Å². The maximum absolute atomic E-state index is 4.94. The first-order valence-corrected chi connectivity index (χ1v) is 5.77. The maximum atomic E-state index is 4.94. The van der Waals surface area contributed by atoms with Crippen molar-refractivity contribution < 1.29 is 0 Å². The molecular formula is C8H13N3S2. The van der Waals surface area contributed by atoms with Gasteiger partial charge in [-0.25, -0.2) is 0 Å². The lowest BCUT2D eigenvalue weighted by atomic mass is 10.1. The summed E-state index contributed by atoms with van der Waals surface area (Å²) in [7, 11) is 0. The number of H-pyrrole nitrogens is 1. The zero-order valence-electron chi connectivity index (χ0n) is 7.54. The summed E-state index contributed by atoms with van der Waals surface area (Å²) in [4.78, 5) is 0. The standard InChI is InChI=1S/C8H13N3S2/c1-5(6-2-3-6)4-9-7-10-11-8(12)13-7/h5-6H,2-4H2,1H3,(H,9,10)(H,11,12). The molecule has 1 heterocycles. The molecule has 1 unspecified atom stereocenters. The first-order valence-electron chi connectivity index (χ1n) is 4.55. The average Bonchev–Trinajstić information content (AvgIpc) is 2.87. The molecule has 0 aliphatic heterocycles. The summed E-state index contributed by atoms with van der Waals surface area (Å²) in [5, 5.41) is 11.0. The number of anilines is 1. The lowest BCUT2D eigenvalue weighted by molar-refractivity contribution is 0.536. The number of hydrogen-bond acceptors (Lipinski definition) is 4. The van der Waals surface area contributed by atoms with Crippen LogP contribution in [0.3, 0.4) is 0 Å². The van der Waals surface area contributed by atoms with Crippen molar-refractivity contribution >= 4 is 28.7 Å². The molecule has 1 aliphatic rings. The van der Waals surface area contributed by atoms with Crippen molar-refractivity contribution in [2.75, 3.05) is 11.9 Å². The molecular weight excluding hydrogens is 202 g/mol. The van der Waals surface area contributed by atoms with Gasteiger partial charge in [-0.15, -0.1) is 5.10 Å². The van der Waals surface area contributed by atoms with Gasteiger partial charge in [0.2, 0.25) is 5.13 Å². The minimum Gasteiger partial charge on any atom is -0.360 e. The second-order valence-electron chi connectivity index (χ2n) is 3.61. The lowest BCUT2D eigenvalue weighted by Gasteiger charge is -2.09. The summed E-state index contributed by atoms with van der Waals surface area (Å²) in [6.45, 7) is 3.30. The van der Waals surface area contributed by atoms with Gasteiger partial charge in [-0.2, -0.15) is 0 Å². The van der Waals surface area contributed by atoms with E-state index in [-0.39, 0.29) is 0 Å². The van der Waals surface area contributed by atoms with Crippen LogP contribution >= 0.6 is 23.6 Å². The predicted octanol–water partition coefficient (Wildman–Crippen LogP) is 2.66. The molecule has 3 nitrogen and oxygen atoms in total. The minimum absolute atomic E-state index is 0.738. The van der Waals surface area contributed by atoms with Gasteiger partial charge in [0.05, 0.1) is 0 Å². The number of aromatic nitrogens is 2. The summed E-state index contributed by atoms with van der Waals surface area (Å²) < 4.78 is 0.738. The van der Waals surface area contributed by atoms with Crippen LogP contribution in [0.2, 0.25) is 0 Å². The Morgan fingerprint density at radius 1 is 1.77 bits per heavy atom. The van der Waals surface area contributed by atoms with E-state index in [1.54, 1.807) is 0 Å². The Kier molecular flexibility index (Phi) is 2.64. The molecule has 2 N–H and O–H groups in total. The second-order valence-corrected chi connectivity index (χ2v) is 5.28. The van der Waals surface area contributed by atoms with E-state index >= 15 is 0 Å². The van der Waals surface area contributed by atoms with Crippen LogP contribution in [0.4, 0.5) is 5.13 Å². The highest BCUT2D eigenvalue weighted by Gasteiger charge is 2.27. The summed E-state index contributed by atoms with van der Waals surface area (Å²) >= 11 is 6.44. The van der Waals surface area contributed by atoms with E-state index in [2.05, 4.69) is 22.4 Å². The van der Waals surface area contributed by atoms with Gasteiger partial charge in [-0.1, -0.05) is 18.3 Å². The molecule has 13 heavy (non-hydrogen) atoms. The van der Waals surface area contributed by atoms with E-state index < -0.39 is 0 Å². The number of nitrogens with one attached hydrogen (secondary N) is 2. The third-order valence-electron chi connectivity index (χ3n) is 2.44. The number of hydrogen-bond donors (Lipinski definition) is 2. The Morgan fingerprint density at radius 3 is 3.08 bits per heavy atom. The van der Waals surface area contributed by atoms with Crippen LogP contribution in [0.25, 0.3) is 0 Å². The quantitative estimate of drug-likeness (QED) is 0.759. The van der Waals surface area contributed by atoms with Crippen molar-refractivity contribution in [1.29, 1.82) is 0 Å². The van der Waals surface area contributed by atoms with Crippen molar-refractivity contribution in [2.24, 2.45) is 11.8 Å². The molecule has 0 saturated heterocycles. The number of aromatic amines is 1. The van der Waals surface area contributed by atoms with Gasteiger partial charge in [-0.05, 0) is 36.9 Å². The highest BCUT2D eigenvalue weighted by atomic mass is 32.1. The Balaban J connectivity index is 1.81. The highest BCUT2D eigenvalue weighted by Crippen LogP contribution is 2.36. The molecule has 1 atom stereocenters. The largest absolute Gasteiger partial charge is 0.360 e. The van der Waals surface area contributed by atoms with Crippen molar-refractivity contribution in [3.8, 4) is 0 Å². The molecule has 1 aromatic heterocycles. The van der Waals surface area contributed by atoms with Crippen LogP contribution in [0.1, 0.15) is 19.8 Å². The average molecular weight is 215 g/mol. The van der Waals surface area contributed by atoms with E-state index in [1.807, 2.05) is 0 Å². The molecule has 2 rings (SSSR count). The third kappa shape index (κ3) is 2.51. The fourth-order valence-corrected chi connectivity index (χ4v) is 2.18. The van der Waals surface area contributed by atoms with E-state index in [0.29, 0.717) is 0 Å². The van der Waals surface area contributed by atoms with Crippen LogP contribution in [-0.2, 0) is 0 Å². The first-order chi connectivity index (χ1) is 6.25. The smallest absolute Gasteiger partial charge is 0.204 e. The van der Waals surface area contributed by atoms with Gasteiger partial charge in [0.15, 0.2) is 3.95 Å². The Bertz CT molecular complexity index is 326. The van der Waals surface area contributed by atoms with Crippen LogP contribution in [0.5, 0.6) is 0 Å². The highest BCUT2D eigenvalue weighted by molar-refractivity contribution is 7.73. The summed E-state index contributed by atoms with van der Waals surface area (Å²) in [5.41, 5.74) is 0. The number of nitrogens with zero attached hydrogens (tertiary/aromatic N) is 1. The van der Waals surface area contributed by atoms with E-state index in [4.69, 9.17) is 12.2 Å². The Labute approximate surface area is 86.6 Å². The lowest BCUT2D eigenvalue weighted by Crippen LogP contribution is -2.12. The maximum Gasteiger partial charge on any atom is 0.204 e. The second kappa shape index (κ2) is 3.75. The minimum atomic E-state index is 0.738. The normalized spacial score (nSPS) is 18.5. The number of rotatable bonds is 4. The van der Waals surface area contributed by atoms with Crippen LogP contribution in [-0.4, -0.2) is 16.7 Å². The fourth-order valence-electron chi connectivity index (χ4n) is 1.39. The van der Waals surface area contributed by atoms with Crippen molar-refractivity contribution in [2.45, 2.75) is 19.8 Å². The molecule has 0 radical (unpaired) electrons. The van der Waals surface area contributed by atoms with Gasteiger partial charge in [0, 0.05) is 6.54 Å². The fraction of sp³-hybridized carbons (Fsp3) is 0.750. The third-order valence-corrected chi connectivity index (χ3v) is 3.49. The van der Waals surface area contributed by atoms with Gasteiger partial charge >= 0.3 is 0 Å². The summed E-state index contributed by atoms with van der Waals surface area (Å²) in [5.74, 6) is 1.71. The topological polar surface area (TPSA) is 40.7 Å². The first kappa shape index (κ1) is 9.15.